The Hall–Kier alpha value is -1.04. The van der Waals surface area contributed by atoms with Crippen LogP contribution in [0, 0.1) is 0 Å². The first kappa shape index (κ1) is 13.0. The summed E-state index contributed by atoms with van der Waals surface area (Å²) in [5.74, 6) is 0. The molecule has 1 aromatic rings. The van der Waals surface area contributed by atoms with Gasteiger partial charge in [0.15, 0.2) is 0 Å². The molecule has 1 heterocycles. The highest BCUT2D eigenvalue weighted by Gasteiger charge is 2.36. The maximum Gasteiger partial charge on any atom is 0.433 e. The van der Waals surface area contributed by atoms with Crippen LogP contribution in [-0.4, -0.2) is 15.8 Å². The smallest absolute Gasteiger partial charge is 0.328 e. The lowest BCUT2D eigenvalue weighted by atomic mass is 10.2. The third-order valence-corrected chi connectivity index (χ3v) is 2.10. The minimum absolute atomic E-state index is 0.198. The Morgan fingerprint density at radius 2 is 1.94 bits per heavy atom. The zero-order valence-corrected chi connectivity index (χ0v) is 9.54. The third-order valence-electron chi connectivity index (χ3n) is 2.10. The Morgan fingerprint density at radius 1 is 1.38 bits per heavy atom. The Kier molecular flexibility index (Phi) is 3.62. The Balaban J connectivity index is 3.11. The number of nitrogens with zero attached hydrogens (tertiary/aromatic N) is 2. The second kappa shape index (κ2) is 4.45. The number of hydrogen-bond donors (Lipinski definition) is 1. The van der Waals surface area contributed by atoms with Crippen molar-refractivity contribution in [3.8, 4) is 0 Å². The van der Waals surface area contributed by atoms with Crippen LogP contribution in [0.5, 0.6) is 0 Å². The predicted molar refractivity (Wildman–Crippen MR) is 55.0 cm³/mol. The summed E-state index contributed by atoms with van der Waals surface area (Å²) >= 11 is 0. The van der Waals surface area contributed by atoms with Gasteiger partial charge in [0, 0.05) is 18.5 Å². The van der Waals surface area contributed by atoms with Crippen molar-refractivity contribution in [3.05, 3.63) is 17.5 Å². The maximum atomic E-state index is 12.7. The number of aromatic nitrogens is 2. The standard InChI is InChI=1S/C10H16F3N3/c1-6(2)16-9(10(11,12)13)5-8(15-16)4-7(3)14/h5-7H,4,14H2,1-3H3. The van der Waals surface area contributed by atoms with Gasteiger partial charge in [0.1, 0.15) is 5.69 Å². The molecule has 3 nitrogen and oxygen atoms in total. The summed E-state index contributed by atoms with van der Waals surface area (Å²) in [6.07, 6.45) is -4.02. The van der Waals surface area contributed by atoms with Crippen LogP contribution < -0.4 is 5.73 Å². The lowest BCUT2D eigenvalue weighted by Gasteiger charge is -2.12. The van der Waals surface area contributed by atoms with E-state index in [-0.39, 0.29) is 12.1 Å². The van der Waals surface area contributed by atoms with Crippen molar-refractivity contribution in [2.45, 2.75) is 45.5 Å². The Morgan fingerprint density at radius 3 is 2.25 bits per heavy atom. The minimum atomic E-state index is -4.37. The number of hydrogen-bond acceptors (Lipinski definition) is 2. The monoisotopic (exact) mass is 235 g/mol. The van der Waals surface area contributed by atoms with Gasteiger partial charge in [-0.05, 0) is 26.8 Å². The van der Waals surface area contributed by atoms with Crippen LogP contribution in [0.15, 0.2) is 6.07 Å². The third kappa shape index (κ3) is 2.98. The van der Waals surface area contributed by atoms with Crippen molar-refractivity contribution in [2.24, 2.45) is 5.73 Å². The SMILES string of the molecule is CC(N)Cc1cc(C(F)(F)F)n(C(C)C)n1. The molecule has 6 heteroatoms. The average Bonchev–Trinajstić information content (AvgIpc) is 2.45. The molecule has 0 bridgehead atoms. The van der Waals surface area contributed by atoms with Crippen LogP contribution in [0.4, 0.5) is 13.2 Å². The van der Waals surface area contributed by atoms with Crippen molar-refractivity contribution in [1.29, 1.82) is 0 Å². The molecule has 0 aliphatic rings. The molecule has 2 N–H and O–H groups in total. The second-order valence-electron chi connectivity index (χ2n) is 4.24. The molecule has 92 valence electrons. The maximum absolute atomic E-state index is 12.7. The first-order valence-electron chi connectivity index (χ1n) is 5.13. The molecule has 0 radical (unpaired) electrons. The number of rotatable bonds is 3. The summed E-state index contributed by atoms with van der Waals surface area (Å²) in [7, 11) is 0. The van der Waals surface area contributed by atoms with Crippen LogP contribution in [0.25, 0.3) is 0 Å². The Labute approximate surface area is 92.4 Å². The largest absolute Gasteiger partial charge is 0.433 e. The number of alkyl halides is 3. The highest BCUT2D eigenvalue weighted by atomic mass is 19.4. The van der Waals surface area contributed by atoms with E-state index in [9.17, 15) is 13.2 Å². The summed E-state index contributed by atoms with van der Waals surface area (Å²) in [4.78, 5) is 0. The number of nitrogens with two attached hydrogens (primary N) is 1. The van der Waals surface area contributed by atoms with Crippen LogP contribution in [-0.2, 0) is 12.6 Å². The van der Waals surface area contributed by atoms with Gasteiger partial charge < -0.3 is 5.73 Å². The van der Waals surface area contributed by atoms with E-state index in [1.807, 2.05) is 0 Å². The normalized spacial score (nSPS) is 14.5. The lowest BCUT2D eigenvalue weighted by molar-refractivity contribution is -0.144. The van der Waals surface area contributed by atoms with E-state index in [0.29, 0.717) is 12.1 Å². The molecule has 1 unspecified atom stereocenters. The molecular formula is C10H16F3N3. The fourth-order valence-corrected chi connectivity index (χ4v) is 1.48. The molecule has 0 saturated heterocycles. The minimum Gasteiger partial charge on any atom is -0.328 e. The van der Waals surface area contributed by atoms with Gasteiger partial charge in [0.05, 0.1) is 5.69 Å². The van der Waals surface area contributed by atoms with E-state index < -0.39 is 11.9 Å². The van der Waals surface area contributed by atoms with Gasteiger partial charge in [0.25, 0.3) is 0 Å². The van der Waals surface area contributed by atoms with Crippen LogP contribution in [0.1, 0.15) is 38.2 Å². The molecule has 0 fully saturated rings. The molecule has 0 saturated carbocycles. The van der Waals surface area contributed by atoms with Gasteiger partial charge in [-0.15, -0.1) is 0 Å². The molecule has 1 atom stereocenters. The van der Waals surface area contributed by atoms with E-state index in [2.05, 4.69) is 5.10 Å². The fraction of sp³-hybridized carbons (Fsp3) is 0.700. The van der Waals surface area contributed by atoms with E-state index in [1.54, 1.807) is 20.8 Å². The molecule has 0 aliphatic carbocycles. The summed E-state index contributed by atoms with van der Waals surface area (Å²) in [5.41, 5.74) is 5.21. The average molecular weight is 235 g/mol. The lowest BCUT2D eigenvalue weighted by Crippen LogP contribution is -2.18. The van der Waals surface area contributed by atoms with E-state index in [1.165, 1.54) is 0 Å². The van der Waals surface area contributed by atoms with Crippen molar-refractivity contribution >= 4 is 0 Å². The number of halogens is 3. The quantitative estimate of drug-likeness (QED) is 0.874. The van der Waals surface area contributed by atoms with Gasteiger partial charge in [-0.2, -0.15) is 18.3 Å². The zero-order valence-electron chi connectivity index (χ0n) is 9.54. The molecular weight excluding hydrogens is 219 g/mol. The summed E-state index contributed by atoms with van der Waals surface area (Å²) in [5, 5.41) is 3.93. The summed E-state index contributed by atoms with van der Waals surface area (Å²) in [6, 6.07) is 0.554. The topological polar surface area (TPSA) is 43.8 Å². The molecule has 0 spiro atoms. The van der Waals surface area contributed by atoms with Gasteiger partial charge in [-0.3, -0.25) is 4.68 Å². The first-order valence-corrected chi connectivity index (χ1v) is 5.13. The van der Waals surface area contributed by atoms with Crippen molar-refractivity contribution in [3.63, 3.8) is 0 Å². The zero-order chi connectivity index (χ0) is 12.5. The summed E-state index contributed by atoms with van der Waals surface area (Å²) < 4.78 is 39.0. The van der Waals surface area contributed by atoms with Crippen molar-refractivity contribution in [2.75, 3.05) is 0 Å². The van der Waals surface area contributed by atoms with E-state index in [0.717, 1.165) is 10.7 Å². The molecule has 1 aromatic heterocycles. The second-order valence-corrected chi connectivity index (χ2v) is 4.24. The Bertz CT molecular complexity index is 353. The van der Waals surface area contributed by atoms with Gasteiger partial charge in [-0.1, -0.05) is 0 Å². The highest BCUT2D eigenvalue weighted by Crippen LogP contribution is 2.31. The van der Waals surface area contributed by atoms with Crippen molar-refractivity contribution in [1.82, 2.24) is 9.78 Å². The highest BCUT2D eigenvalue weighted by molar-refractivity contribution is 5.15. The van der Waals surface area contributed by atoms with Gasteiger partial charge in [0.2, 0.25) is 0 Å². The first-order chi connectivity index (χ1) is 7.21. The molecule has 1 rings (SSSR count). The van der Waals surface area contributed by atoms with E-state index >= 15 is 0 Å². The molecule has 0 aliphatic heterocycles. The predicted octanol–water partition coefficient (Wildman–Crippen LogP) is 2.37. The van der Waals surface area contributed by atoms with Crippen LogP contribution in [0.3, 0.4) is 0 Å². The molecule has 0 aromatic carbocycles. The summed E-state index contributed by atoms with van der Waals surface area (Å²) in [6.45, 7) is 5.07. The van der Waals surface area contributed by atoms with E-state index in [4.69, 9.17) is 5.73 Å². The van der Waals surface area contributed by atoms with Crippen LogP contribution in [0.2, 0.25) is 0 Å². The van der Waals surface area contributed by atoms with Gasteiger partial charge >= 0.3 is 6.18 Å². The van der Waals surface area contributed by atoms with Crippen molar-refractivity contribution < 1.29 is 13.2 Å². The molecule has 16 heavy (non-hydrogen) atoms. The van der Waals surface area contributed by atoms with Gasteiger partial charge in [-0.25, -0.2) is 0 Å². The van der Waals surface area contributed by atoms with Crippen LogP contribution >= 0.6 is 0 Å². The fourth-order valence-electron chi connectivity index (χ4n) is 1.48. The molecule has 0 amide bonds.